The maximum Gasteiger partial charge on any atom is 0.416 e. The number of rotatable bonds is 4. The van der Waals surface area contributed by atoms with Crippen molar-refractivity contribution in [2.24, 2.45) is 5.92 Å². The standard InChI is InChI=1S/C28H29F3N2O4.C2H2O4/c29-28(30,31)18-6-3-16(4-7-18)25(35)32-19-9-10-27(36)21-13-17-5-8-20(34)23-22(17)26(27,24(19)37-23)11-12-33(21)14-15-1-2-15;3-1(4)2(5)6/h3-8,15,19,21,24,34,36H,1-2,9-14H2,(H,32,35);(H,3,4)(H,5,6)/t19-,21-,24+,26?,27-;/m1./s1. The highest BCUT2D eigenvalue weighted by molar-refractivity contribution is 6.27. The summed E-state index contributed by atoms with van der Waals surface area (Å²) in [5.41, 5.74) is -0.570. The van der Waals surface area contributed by atoms with Gasteiger partial charge in [-0.3, -0.25) is 9.69 Å². The van der Waals surface area contributed by atoms with E-state index in [1.165, 1.54) is 25.0 Å². The first-order valence-electron chi connectivity index (χ1n) is 14.2. The number of nitrogens with one attached hydrogen (secondary N) is 1. The van der Waals surface area contributed by atoms with E-state index in [-0.39, 0.29) is 17.4 Å². The number of ether oxygens (including phenoxy) is 1. The Balaban J connectivity index is 0.000000501. The van der Waals surface area contributed by atoms with E-state index < -0.39 is 52.7 Å². The van der Waals surface area contributed by atoms with E-state index in [1.807, 2.05) is 6.07 Å². The number of nitrogens with zero attached hydrogens (tertiary/aromatic N) is 1. The van der Waals surface area contributed by atoms with Gasteiger partial charge in [-0.15, -0.1) is 0 Å². The number of phenols is 1. The first kappa shape index (κ1) is 29.2. The van der Waals surface area contributed by atoms with Crippen LogP contribution in [0.2, 0.25) is 0 Å². The van der Waals surface area contributed by atoms with Crippen molar-refractivity contribution < 1.29 is 52.7 Å². The van der Waals surface area contributed by atoms with Gasteiger partial charge in [0.2, 0.25) is 0 Å². The zero-order chi connectivity index (χ0) is 30.9. The number of phenolic OH excluding ortho intramolecular Hbond substituents is 1. The number of alkyl halides is 3. The molecule has 1 saturated heterocycles. The molecule has 2 aromatic carbocycles. The van der Waals surface area contributed by atoms with Gasteiger partial charge in [-0.05, 0) is 86.9 Å². The Morgan fingerprint density at radius 1 is 1.00 bits per heavy atom. The van der Waals surface area contributed by atoms with E-state index in [4.69, 9.17) is 24.5 Å². The van der Waals surface area contributed by atoms with Crippen molar-refractivity contribution in [3.63, 3.8) is 0 Å². The second-order valence-electron chi connectivity index (χ2n) is 12.1. The van der Waals surface area contributed by atoms with Crippen LogP contribution in [0.3, 0.4) is 0 Å². The number of benzene rings is 2. The fourth-order valence-electron chi connectivity index (χ4n) is 7.69. The third kappa shape index (κ3) is 4.69. The summed E-state index contributed by atoms with van der Waals surface area (Å²) in [6.07, 6.45) is -0.344. The maximum absolute atomic E-state index is 13.1. The van der Waals surface area contributed by atoms with Gasteiger partial charge in [0.15, 0.2) is 11.5 Å². The van der Waals surface area contributed by atoms with Crippen molar-refractivity contribution in [3.8, 4) is 11.5 Å². The highest BCUT2D eigenvalue weighted by atomic mass is 19.4. The number of amides is 1. The molecule has 3 aliphatic carbocycles. The third-order valence-corrected chi connectivity index (χ3v) is 9.74. The first-order valence-corrected chi connectivity index (χ1v) is 14.2. The molecule has 5 atom stereocenters. The average Bonchev–Trinajstić information content (AvgIpc) is 3.69. The number of halogens is 3. The fourth-order valence-corrected chi connectivity index (χ4v) is 7.69. The summed E-state index contributed by atoms with van der Waals surface area (Å²) in [6.45, 7) is 1.78. The van der Waals surface area contributed by atoms with Crippen LogP contribution in [0.5, 0.6) is 11.5 Å². The maximum atomic E-state index is 13.1. The van der Waals surface area contributed by atoms with Gasteiger partial charge in [0.1, 0.15) is 6.10 Å². The Morgan fingerprint density at radius 2 is 1.67 bits per heavy atom. The van der Waals surface area contributed by atoms with Crippen molar-refractivity contribution >= 4 is 17.8 Å². The summed E-state index contributed by atoms with van der Waals surface area (Å²) in [6, 6.07) is 7.20. The van der Waals surface area contributed by atoms with Gasteiger partial charge in [0, 0.05) is 23.7 Å². The van der Waals surface area contributed by atoms with E-state index in [0.717, 1.165) is 36.3 Å². The normalized spacial score (nSPS) is 30.3. The van der Waals surface area contributed by atoms with Crippen molar-refractivity contribution in [3.05, 3.63) is 58.7 Å². The molecule has 2 heterocycles. The van der Waals surface area contributed by atoms with E-state index >= 15 is 0 Å². The molecule has 2 aromatic rings. The van der Waals surface area contributed by atoms with Gasteiger partial charge in [0.05, 0.1) is 22.6 Å². The van der Waals surface area contributed by atoms with Crippen LogP contribution in [-0.4, -0.2) is 80.1 Å². The van der Waals surface area contributed by atoms with Crippen molar-refractivity contribution in [1.82, 2.24) is 10.2 Å². The Bertz CT molecular complexity index is 1460. The molecule has 2 bridgehead atoms. The monoisotopic (exact) mass is 604 g/mol. The molecule has 0 aromatic heterocycles. The second kappa shape index (κ2) is 10.1. The number of aliphatic carboxylic acids is 2. The van der Waals surface area contributed by atoms with E-state index in [0.29, 0.717) is 37.4 Å². The number of hydrogen-bond acceptors (Lipinski definition) is 7. The number of carbonyl (C=O) groups excluding carboxylic acids is 1. The molecular weight excluding hydrogens is 573 g/mol. The number of aliphatic hydroxyl groups is 1. The zero-order valence-electron chi connectivity index (χ0n) is 22.9. The molecule has 43 heavy (non-hydrogen) atoms. The summed E-state index contributed by atoms with van der Waals surface area (Å²) in [7, 11) is 0. The molecule has 0 radical (unpaired) electrons. The van der Waals surface area contributed by atoms with E-state index in [2.05, 4.69) is 10.2 Å². The molecule has 1 unspecified atom stereocenters. The van der Waals surface area contributed by atoms with Crippen LogP contribution in [0.4, 0.5) is 13.2 Å². The number of piperidine rings is 1. The smallest absolute Gasteiger partial charge is 0.416 e. The summed E-state index contributed by atoms with van der Waals surface area (Å²) < 4.78 is 45.3. The summed E-state index contributed by atoms with van der Waals surface area (Å²) in [4.78, 5) is 33.8. The first-order chi connectivity index (χ1) is 20.3. The molecular formula is C30H31F3N2O8. The molecule has 5 N–H and O–H groups in total. The van der Waals surface area contributed by atoms with Crippen LogP contribution in [0.25, 0.3) is 0 Å². The fraction of sp³-hybridized carbons (Fsp3) is 0.500. The third-order valence-electron chi connectivity index (χ3n) is 9.74. The quantitative estimate of drug-likeness (QED) is 0.331. The number of hydrogen-bond donors (Lipinski definition) is 5. The van der Waals surface area contributed by atoms with Crippen LogP contribution in [0.1, 0.15) is 59.2 Å². The molecule has 230 valence electrons. The predicted octanol–water partition coefficient (Wildman–Crippen LogP) is 2.93. The van der Waals surface area contributed by atoms with Crippen LogP contribution in [0, 0.1) is 5.92 Å². The SMILES string of the molecule is O=C(N[C@@H]1CC[C@@]2(O)[C@H]3Cc4ccc(O)c5c4C2(CCN3CC2CC2)[C@H]1O5)c1ccc(C(F)(F)F)cc1.O=C(O)C(=O)O. The number of likely N-dealkylation sites (tertiary alicyclic amines) is 1. The molecule has 5 aliphatic rings. The van der Waals surface area contributed by atoms with E-state index in [9.17, 15) is 28.2 Å². The molecule has 10 nitrogen and oxygen atoms in total. The van der Waals surface area contributed by atoms with Crippen LogP contribution in [-0.2, 0) is 27.6 Å². The second-order valence-corrected chi connectivity index (χ2v) is 12.1. The Hall–Kier alpha value is -3.84. The minimum absolute atomic E-state index is 0.0246. The highest BCUT2D eigenvalue weighted by Crippen LogP contribution is 2.65. The Labute approximate surface area is 244 Å². The summed E-state index contributed by atoms with van der Waals surface area (Å²) in [5, 5.41) is 41.0. The lowest BCUT2D eigenvalue weighted by atomic mass is 9.48. The van der Waals surface area contributed by atoms with Gasteiger partial charge in [0.25, 0.3) is 5.91 Å². The minimum Gasteiger partial charge on any atom is -0.504 e. The number of carbonyl (C=O) groups is 3. The molecule has 1 spiro atoms. The Kier molecular flexibility index (Phi) is 6.88. The predicted molar refractivity (Wildman–Crippen MR) is 143 cm³/mol. The topological polar surface area (TPSA) is 157 Å². The highest BCUT2D eigenvalue weighted by Gasteiger charge is 2.73. The lowest BCUT2D eigenvalue weighted by Gasteiger charge is -2.64. The number of carboxylic acid groups (broad SMARTS) is 2. The zero-order valence-corrected chi connectivity index (χ0v) is 22.9. The van der Waals surface area contributed by atoms with Gasteiger partial charge in [-0.25, -0.2) is 9.59 Å². The number of aromatic hydroxyl groups is 1. The average molecular weight is 605 g/mol. The van der Waals surface area contributed by atoms with Gasteiger partial charge in [-0.2, -0.15) is 13.2 Å². The summed E-state index contributed by atoms with van der Waals surface area (Å²) in [5.74, 6) is -3.03. The largest absolute Gasteiger partial charge is 0.504 e. The van der Waals surface area contributed by atoms with Crippen LogP contribution >= 0.6 is 0 Å². The molecule has 1 amide bonds. The van der Waals surface area contributed by atoms with Gasteiger partial charge < -0.3 is 30.5 Å². The minimum atomic E-state index is -4.48. The molecule has 13 heteroatoms. The lowest BCUT2D eigenvalue weighted by molar-refractivity contribution is -0.191. The van der Waals surface area contributed by atoms with Gasteiger partial charge >= 0.3 is 18.1 Å². The molecule has 2 aliphatic heterocycles. The van der Waals surface area contributed by atoms with Crippen LogP contribution < -0.4 is 10.1 Å². The van der Waals surface area contributed by atoms with Gasteiger partial charge in [-0.1, -0.05) is 6.07 Å². The number of carboxylic acids is 2. The Morgan fingerprint density at radius 3 is 2.28 bits per heavy atom. The van der Waals surface area contributed by atoms with E-state index in [1.54, 1.807) is 6.07 Å². The molecule has 7 rings (SSSR count). The van der Waals surface area contributed by atoms with Crippen molar-refractivity contribution in [2.75, 3.05) is 13.1 Å². The van der Waals surface area contributed by atoms with Crippen molar-refractivity contribution in [2.45, 2.75) is 73.9 Å². The summed E-state index contributed by atoms with van der Waals surface area (Å²) >= 11 is 0. The molecule has 3 fully saturated rings. The molecule has 2 saturated carbocycles. The van der Waals surface area contributed by atoms with Crippen molar-refractivity contribution in [1.29, 1.82) is 0 Å². The lowest BCUT2D eigenvalue weighted by Crippen LogP contribution is -2.78. The van der Waals surface area contributed by atoms with Crippen LogP contribution in [0.15, 0.2) is 36.4 Å².